The minimum atomic E-state index is -0.139. The molecule has 2 aliphatic rings. The van der Waals surface area contributed by atoms with Gasteiger partial charge in [-0.05, 0) is 51.6 Å². The third-order valence-corrected chi connectivity index (χ3v) is 6.11. The molecule has 2 N–H and O–H groups in total. The molecular weight excluding hydrogens is 334 g/mol. The summed E-state index contributed by atoms with van der Waals surface area (Å²) in [5, 5.41) is 16.5. The standard InChI is InChI=1S/C18H31N5OS/c1-14-21-16(13-25-14)12-22-7-3-15(4-8-22)11-20-18(19-2)23-9-5-17(24)6-10-23/h13,15,17,24H,3-12H2,1-2H3,(H,19,20). The zero-order valence-corrected chi connectivity index (χ0v) is 16.3. The van der Waals surface area contributed by atoms with Crippen molar-refractivity contribution >= 4 is 17.3 Å². The number of aryl methyl sites for hydroxylation is 1. The number of thiazole rings is 1. The van der Waals surface area contributed by atoms with Crippen LogP contribution in [0.2, 0.25) is 0 Å². The molecule has 3 heterocycles. The zero-order chi connectivity index (χ0) is 17.6. The Balaban J connectivity index is 1.38. The fraction of sp³-hybridized carbons (Fsp3) is 0.778. The molecule has 0 unspecified atom stereocenters. The van der Waals surface area contributed by atoms with E-state index in [-0.39, 0.29) is 6.10 Å². The molecule has 2 aliphatic heterocycles. The summed E-state index contributed by atoms with van der Waals surface area (Å²) in [7, 11) is 1.85. The number of nitrogens with one attached hydrogen (secondary N) is 1. The quantitative estimate of drug-likeness (QED) is 0.628. The molecule has 0 aliphatic carbocycles. The van der Waals surface area contributed by atoms with Gasteiger partial charge in [0.15, 0.2) is 5.96 Å². The van der Waals surface area contributed by atoms with E-state index in [1.54, 1.807) is 11.3 Å². The summed E-state index contributed by atoms with van der Waals surface area (Å²) in [5.74, 6) is 1.70. The highest BCUT2D eigenvalue weighted by Crippen LogP contribution is 2.19. The van der Waals surface area contributed by atoms with E-state index in [2.05, 4.69) is 37.4 Å². The van der Waals surface area contributed by atoms with Gasteiger partial charge in [-0.25, -0.2) is 4.98 Å². The second-order valence-electron chi connectivity index (χ2n) is 7.22. The highest BCUT2D eigenvalue weighted by Gasteiger charge is 2.23. The molecule has 0 aromatic carbocycles. The Labute approximate surface area is 155 Å². The van der Waals surface area contributed by atoms with Gasteiger partial charge in [-0.3, -0.25) is 9.89 Å². The van der Waals surface area contributed by atoms with Gasteiger partial charge in [0, 0.05) is 38.6 Å². The third kappa shape index (κ3) is 5.39. The van der Waals surface area contributed by atoms with E-state index in [0.717, 1.165) is 63.1 Å². The Morgan fingerprint density at radius 2 is 2.00 bits per heavy atom. The summed E-state index contributed by atoms with van der Waals surface area (Å²) in [6.45, 7) is 8.15. The van der Waals surface area contributed by atoms with Gasteiger partial charge in [0.25, 0.3) is 0 Å². The van der Waals surface area contributed by atoms with Crippen molar-refractivity contribution in [2.45, 2.75) is 45.3 Å². The van der Waals surface area contributed by atoms with E-state index >= 15 is 0 Å². The molecule has 2 saturated heterocycles. The van der Waals surface area contributed by atoms with Crippen molar-refractivity contribution in [1.29, 1.82) is 0 Å². The van der Waals surface area contributed by atoms with E-state index < -0.39 is 0 Å². The predicted molar refractivity (Wildman–Crippen MR) is 103 cm³/mol. The molecule has 0 amide bonds. The highest BCUT2D eigenvalue weighted by molar-refractivity contribution is 7.09. The number of guanidine groups is 1. The van der Waals surface area contributed by atoms with Crippen molar-refractivity contribution < 1.29 is 5.11 Å². The Morgan fingerprint density at radius 1 is 1.28 bits per heavy atom. The number of aliphatic imine (C=N–C) groups is 1. The first-order valence-electron chi connectivity index (χ1n) is 9.41. The van der Waals surface area contributed by atoms with Crippen LogP contribution in [0.15, 0.2) is 10.4 Å². The van der Waals surface area contributed by atoms with Crippen LogP contribution in [0.3, 0.4) is 0 Å². The molecule has 1 aromatic heterocycles. The summed E-state index contributed by atoms with van der Waals surface area (Å²) >= 11 is 1.74. The molecule has 6 nitrogen and oxygen atoms in total. The van der Waals surface area contributed by atoms with Gasteiger partial charge in [-0.15, -0.1) is 11.3 Å². The average molecular weight is 366 g/mol. The van der Waals surface area contributed by atoms with Crippen molar-refractivity contribution in [2.75, 3.05) is 39.8 Å². The molecule has 0 spiro atoms. The third-order valence-electron chi connectivity index (χ3n) is 5.28. The number of hydrogen-bond acceptors (Lipinski definition) is 5. The fourth-order valence-corrected chi connectivity index (χ4v) is 4.31. The number of aliphatic hydroxyl groups is 1. The molecule has 7 heteroatoms. The van der Waals surface area contributed by atoms with E-state index in [9.17, 15) is 5.11 Å². The first kappa shape index (κ1) is 18.6. The Bertz CT molecular complexity index is 560. The molecule has 0 radical (unpaired) electrons. The number of nitrogens with zero attached hydrogens (tertiary/aromatic N) is 4. The van der Waals surface area contributed by atoms with Crippen LogP contribution in [-0.4, -0.2) is 71.7 Å². The van der Waals surface area contributed by atoms with Crippen LogP contribution < -0.4 is 5.32 Å². The number of hydrogen-bond donors (Lipinski definition) is 2. The van der Waals surface area contributed by atoms with Crippen LogP contribution >= 0.6 is 11.3 Å². The maximum Gasteiger partial charge on any atom is 0.193 e. The summed E-state index contributed by atoms with van der Waals surface area (Å²) in [6, 6.07) is 0. The Kier molecular flexibility index (Phi) is 6.67. The van der Waals surface area contributed by atoms with Gasteiger partial charge in [0.05, 0.1) is 16.8 Å². The molecular formula is C18H31N5OS. The monoisotopic (exact) mass is 365 g/mol. The molecule has 140 valence electrons. The Morgan fingerprint density at radius 3 is 2.60 bits per heavy atom. The van der Waals surface area contributed by atoms with Crippen LogP contribution in [0.4, 0.5) is 0 Å². The molecule has 1 aromatic rings. The highest BCUT2D eigenvalue weighted by atomic mass is 32.1. The maximum atomic E-state index is 9.65. The summed E-state index contributed by atoms with van der Waals surface area (Å²) in [4.78, 5) is 13.8. The summed E-state index contributed by atoms with van der Waals surface area (Å²) in [6.07, 6.45) is 4.00. The summed E-state index contributed by atoms with van der Waals surface area (Å²) < 4.78 is 0. The number of aliphatic hydroxyl groups excluding tert-OH is 1. The fourth-order valence-electron chi connectivity index (χ4n) is 3.70. The van der Waals surface area contributed by atoms with Crippen molar-refractivity contribution in [3.8, 4) is 0 Å². The molecule has 0 saturated carbocycles. The van der Waals surface area contributed by atoms with Crippen LogP contribution in [0.5, 0.6) is 0 Å². The molecule has 2 fully saturated rings. The predicted octanol–water partition coefficient (Wildman–Crippen LogP) is 1.70. The lowest BCUT2D eigenvalue weighted by atomic mass is 9.96. The minimum Gasteiger partial charge on any atom is -0.393 e. The van der Waals surface area contributed by atoms with E-state index in [1.807, 2.05) is 7.05 Å². The van der Waals surface area contributed by atoms with Gasteiger partial charge in [0.1, 0.15) is 0 Å². The SMILES string of the molecule is CN=C(NCC1CCN(Cc2csc(C)n2)CC1)N1CCC(O)CC1. The smallest absolute Gasteiger partial charge is 0.193 e. The lowest BCUT2D eigenvalue weighted by Crippen LogP contribution is -2.48. The van der Waals surface area contributed by atoms with Crippen LogP contribution in [-0.2, 0) is 6.54 Å². The number of likely N-dealkylation sites (tertiary alicyclic amines) is 2. The second-order valence-corrected chi connectivity index (χ2v) is 8.29. The average Bonchev–Trinajstić information content (AvgIpc) is 3.03. The van der Waals surface area contributed by atoms with Crippen LogP contribution in [0.25, 0.3) is 0 Å². The largest absolute Gasteiger partial charge is 0.393 e. The topological polar surface area (TPSA) is 64.0 Å². The number of rotatable bonds is 4. The number of piperidine rings is 2. The van der Waals surface area contributed by atoms with Gasteiger partial charge in [0.2, 0.25) is 0 Å². The Hall–Kier alpha value is -1.18. The first-order valence-corrected chi connectivity index (χ1v) is 10.3. The van der Waals surface area contributed by atoms with Gasteiger partial charge in [-0.1, -0.05) is 0 Å². The molecule has 3 rings (SSSR count). The number of aromatic nitrogens is 1. The van der Waals surface area contributed by atoms with Gasteiger partial charge < -0.3 is 15.3 Å². The van der Waals surface area contributed by atoms with E-state index in [4.69, 9.17) is 0 Å². The van der Waals surface area contributed by atoms with Crippen LogP contribution in [0.1, 0.15) is 36.4 Å². The molecule has 0 bridgehead atoms. The molecule has 25 heavy (non-hydrogen) atoms. The summed E-state index contributed by atoms with van der Waals surface area (Å²) in [5.41, 5.74) is 1.21. The van der Waals surface area contributed by atoms with Crippen LogP contribution in [0, 0.1) is 12.8 Å². The minimum absolute atomic E-state index is 0.139. The lowest BCUT2D eigenvalue weighted by molar-refractivity contribution is 0.107. The van der Waals surface area contributed by atoms with Crippen molar-refractivity contribution in [1.82, 2.24) is 20.1 Å². The van der Waals surface area contributed by atoms with E-state index in [0.29, 0.717) is 5.92 Å². The van der Waals surface area contributed by atoms with E-state index in [1.165, 1.54) is 18.5 Å². The van der Waals surface area contributed by atoms with Crippen molar-refractivity contribution in [3.63, 3.8) is 0 Å². The lowest BCUT2D eigenvalue weighted by Gasteiger charge is -2.35. The maximum absolute atomic E-state index is 9.65. The van der Waals surface area contributed by atoms with Crippen molar-refractivity contribution in [2.24, 2.45) is 10.9 Å². The van der Waals surface area contributed by atoms with Crippen molar-refractivity contribution in [3.05, 3.63) is 16.1 Å². The normalized spacial score (nSPS) is 21.7. The second kappa shape index (κ2) is 8.96. The molecule has 0 atom stereocenters. The van der Waals surface area contributed by atoms with Gasteiger partial charge in [-0.2, -0.15) is 0 Å². The first-order chi connectivity index (χ1) is 12.1. The van der Waals surface area contributed by atoms with Gasteiger partial charge >= 0.3 is 0 Å². The zero-order valence-electron chi connectivity index (χ0n) is 15.4.